The third-order valence-corrected chi connectivity index (χ3v) is 5.60. The van der Waals surface area contributed by atoms with E-state index < -0.39 is 31.0 Å². The molecule has 0 aliphatic carbocycles. The molecule has 0 unspecified atom stereocenters. The number of nitrogens with one attached hydrogen (secondary N) is 2. The number of benzene rings is 1. The highest BCUT2D eigenvalue weighted by atomic mass is 32.2. The number of thioether (sulfide) groups is 1. The van der Waals surface area contributed by atoms with Crippen LogP contribution in [0.5, 0.6) is 5.75 Å². The first-order valence-electron chi connectivity index (χ1n) is 10.4. The Kier molecular flexibility index (Phi) is 9.59. The molecule has 1 aliphatic heterocycles. The Balaban J connectivity index is 1.50. The lowest BCUT2D eigenvalue weighted by molar-refractivity contribution is -0.124. The first-order valence-corrected chi connectivity index (χ1v) is 11.4. The topological polar surface area (TPSA) is 116 Å². The molecule has 2 amide bonds. The van der Waals surface area contributed by atoms with Crippen molar-refractivity contribution in [2.45, 2.75) is 30.6 Å². The summed E-state index contributed by atoms with van der Waals surface area (Å²) in [6, 6.07) is 8.77. The van der Waals surface area contributed by atoms with E-state index in [1.54, 1.807) is 6.07 Å². The molecule has 0 saturated carbocycles. The monoisotopic (exact) mass is 495 g/mol. The van der Waals surface area contributed by atoms with E-state index >= 15 is 0 Å². The zero-order valence-electron chi connectivity index (χ0n) is 18.0. The summed E-state index contributed by atoms with van der Waals surface area (Å²) >= 11 is 0.954. The number of nitrogens with zero attached hydrogens (tertiary/aromatic N) is 1. The van der Waals surface area contributed by atoms with Crippen molar-refractivity contribution in [2.75, 3.05) is 30.8 Å². The van der Waals surface area contributed by atoms with Crippen LogP contribution in [0.15, 0.2) is 47.6 Å². The number of anilines is 1. The fourth-order valence-electron chi connectivity index (χ4n) is 3.04. The minimum Gasteiger partial charge on any atom is -0.452 e. The summed E-state index contributed by atoms with van der Waals surface area (Å²) in [6.45, 7) is -2.48. The van der Waals surface area contributed by atoms with Crippen LogP contribution >= 0.6 is 11.8 Å². The molecular weight excluding hydrogens is 472 g/mol. The predicted molar refractivity (Wildman–Crippen MR) is 119 cm³/mol. The molecule has 3 rings (SSSR count). The van der Waals surface area contributed by atoms with Gasteiger partial charge in [0.05, 0.1) is 23.1 Å². The number of carbonyl (C=O) groups is 3. The molecule has 0 bridgehead atoms. The van der Waals surface area contributed by atoms with Crippen LogP contribution < -0.4 is 15.4 Å². The second kappa shape index (κ2) is 12.8. The number of carbonyl (C=O) groups excluding carboxylic acids is 3. The summed E-state index contributed by atoms with van der Waals surface area (Å²) in [4.78, 5) is 40.8. The summed E-state index contributed by atoms with van der Waals surface area (Å²) in [6.07, 6.45) is 3.23. The number of amides is 2. The highest BCUT2D eigenvalue weighted by Crippen LogP contribution is 2.26. The summed E-state index contributed by atoms with van der Waals surface area (Å²) in [5, 5.41) is 5.36. The maximum absolute atomic E-state index is 12.5. The molecule has 182 valence electrons. The number of alkyl halides is 2. The van der Waals surface area contributed by atoms with Gasteiger partial charge in [0.2, 0.25) is 5.91 Å². The van der Waals surface area contributed by atoms with Crippen LogP contribution in [0.2, 0.25) is 0 Å². The van der Waals surface area contributed by atoms with E-state index in [1.807, 2.05) is 0 Å². The Hall–Kier alpha value is -3.25. The molecule has 34 heavy (non-hydrogen) atoms. The van der Waals surface area contributed by atoms with Gasteiger partial charge in [0.15, 0.2) is 6.61 Å². The first-order chi connectivity index (χ1) is 16.4. The smallest absolute Gasteiger partial charge is 0.387 e. The van der Waals surface area contributed by atoms with Gasteiger partial charge in [-0.1, -0.05) is 23.9 Å². The SMILES string of the molecule is O=C(COC(=O)c1cccnc1SCC(=O)Nc1ccccc1OC(F)F)NC[C@H]1CCCO1. The van der Waals surface area contributed by atoms with E-state index in [-0.39, 0.29) is 33.9 Å². The molecule has 2 N–H and O–H groups in total. The molecule has 2 heterocycles. The molecule has 1 atom stereocenters. The van der Waals surface area contributed by atoms with E-state index in [0.29, 0.717) is 13.2 Å². The Morgan fingerprint density at radius 2 is 2.00 bits per heavy atom. The van der Waals surface area contributed by atoms with Gasteiger partial charge in [-0.25, -0.2) is 9.78 Å². The Morgan fingerprint density at radius 3 is 2.76 bits per heavy atom. The van der Waals surface area contributed by atoms with Crippen LogP contribution in [0, 0.1) is 0 Å². The number of para-hydroxylation sites is 2. The van der Waals surface area contributed by atoms with Gasteiger partial charge in [0.1, 0.15) is 10.8 Å². The average Bonchev–Trinajstić information content (AvgIpc) is 3.35. The molecular formula is C22H23F2N3O6S. The number of halogens is 2. The van der Waals surface area contributed by atoms with Crippen LogP contribution in [0.25, 0.3) is 0 Å². The quantitative estimate of drug-likeness (QED) is 0.361. The van der Waals surface area contributed by atoms with Crippen LogP contribution in [0.4, 0.5) is 14.5 Å². The Labute approximate surface area is 198 Å². The summed E-state index contributed by atoms with van der Waals surface area (Å²) < 4.78 is 39.9. The maximum Gasteiger partial charge on any atom is 0.387 e. The summed E-state index contributed by atoms with van der Waals surface area (Å²) in [5.41, 5.74) is 0.178. The average molecular weight is 496 g/mol. The zero-order valence-corrected chi connectivity index (χ0v) is 18.8. The molecule has 1 aliphatic rings. The van der Waals surface area contributed by atoms with Crippen molar-refractivity contribution < 1.29 is 37.4 Å². The fraction of sp³-hybridized carbons (Fsp3) is 0.364. The number of rotatable bonds is 11. The lowest BCUT2D eigenvalue weighted by Crippen LogP contribution is -2.34. The molecule has 9 nitrogen and oxygen atoms in total. The van der Waals surface area contributed by atoms with Gasteiger partial charge in [-0.2, -0.15) is 8.78 Å². The number of ether oxygens (including phenoxy) is 3. The second-order valence-electron chi connectivity index (χ2n) is 7.08. The molecule has 1 saturated heterocycles. The number of aromatic nitrogens is 1. The van der Waals surface area contributed by atoms with Gasteiger partial charge in [-0.15, -0.1) is 0 Å². The van der Waals surface area contributed by atoms with Gasteiger partial charge in [0.25, 0.3) is 5.91 Å². The lowest BCUT2D eigenvalue weighted by Gasteiger charge is -2.12. The normalized spacial score (nSPS) is 15.1. The minimum atomic E-state index is -3.03. The highest BCUT2D eigenvalue weighted by Gasteiger charge is 2.19. The van der Waals surface area contributed by atoms with Crippen molar-refractivity contribution in [1.82, 2.24) is 10.3 Å². The first kappa shape index (κ1) is 25.4. The molecule has 12 heteroatoms. The number of esters is 1. The van der Waals surface area contributed by atoms with Crippen LogP contribution in [0.3, 0.4) is 0 Å². The van der Waals surface area contributed by atoms with Gasteiger partial charge < -0.3 is 24.8 Å². The van der Waals surface area contributed by atoms with E-state index in [9.17, 15) is 23.2 Å². The largest absolute Gasteiger partial charge is 0.452 e. The highest BCUT2D eigenvalue weighted by molar-refractivity contribution is 8.00. The van der Waals surface area contributed by atoms with Crippen molar-refractivity contribution in [3.05, 3.63) is 48.2 Å². The minimum absolute atomic E-state index is 0.0268. The van der Waals surface area contributed by atoms with Gasteiger partial charge in [-0.3, -0.25) is 9.59 Å². The third-order valence-electron chi connectivity index (χ3n) is 4.59. The van der Waals surface area contributed by atoms with Crippen molar-refractivity contribution in [3.63, 3.8) is 0 Å². The molecule has 1 fully saturated rings. The van der Waals surface area contributed by atoms with Crippen molar-refractivity contribution in [3.8, 4) is 5.75 Å². The zero-order chi connectivity index (χ0) is 24.3. The molecule has 2 aromatic rings. The number of pyridine rings is 1. The molecule has 1 aromatic carbocycles. The van der Waals surface area contributed by atoms with E-state index in [4.69, 9.17) is 9.47 Å². The van der Waals surface area contributed by atoms with Crippen molar-refractivity contribution >= 4 is 35.2 Å². The van der Waals surface area contributed by atoms with Crippen LogP contribution in [-0.2, 0) is 19.1 Å². The molecule has 1 aromatic heterocycles. The standard InChI is InChI=1S/C22H23F2N3O6S/c23-22(24)33-17-8-2-1-7-16(17)27-19(29)13-34-20-15(6-3-9-25-20)21(30)32-12-18(28)26-11-14-5-4-10-31-14/h1-3,6-9,14,22H,4-5,10-13H2,(H,26,28)(H,27,29)/t14-/m1/s1. The maximum atomic E-state index is 12.5. The molecule has 0 radical (unpaired) electrons. The third kappa shape index (κ3) is 7.96. The van der Waals surface area contributed by atoms with Gasteiger partial charge in [0, 0.05) is 19.3 Å². The van der Waals surface area contributed by atoms with Crippen molar-refractivity contribution in [2.24, 2.45) is 0 Å². The second-order valence-corrected chi connectivity index (χ2v) is 8.05. The summed E-state index contributed by atoms with van der Waals surface area (Å²) in [5.74, 6) is -2.07. The number of hydrogen-bond donors (Lipinski definition) is 2. The van der Waals surface area contributed by atoms with E-state index in [2.05, 4.69) is 20.4 Å². The van der Waals surface area contributed by atoms with Crippen LogP contribution in [0.1, 0.15) is 23.2 Å². The summed E-state index contributed by atoms with van der Waals surface area (Å²) in [7, 11) is 0. The van der Waals surface area contributed by atoms with Crippen molar-refractivity contribution in [1.29, 1.82) is 0 Å². The van der Waals surface area contributed by atoms with E-state index in [0.717, 1.165) is 24.6 Å². The van der Waals surface area contributed by atoms with E-state index in [1.165, 1.54) is 36.5 Å². The van der Waals surface area contributed by atoms with Crippen LogP contribution in [-0.4, -0.2) is 61.0 Å². The Morgan fingerprint density at radius 1 is 1.18 bits per heavy atom. The molecule has 0 spiro atoms. The predicted octanol–water partition coefficient (Wildman–Crippen LogP) is 2.87. The number of hydrogen-bond acceptors (Lipinski definition) is 8. The lowest BCUT2D eigenvalue weighted by atomic mass is 10.2. The Bertz CT molecular complexity index is 1000. The van der Waals surface area contributed by atoms with Gasteiger partial charge in [-0.05, 0) is 37.1 Å². The fourth-order valence-corrected chi connectivity index (χ4v) is 3.83. The van der Waals surface area contributed by atoms with Gasteiger partial charge >= 0.3 is 12.6 Å².